The van der Waals surface area contributed by atoms with E-state index < -0.39 is 0 Å². The number of thiol groups is 1. The zero-order valence-corrected chi connectivity index (χ0v) is 10.9. The first-order valence-electron chi connectivity index (χ1n) is 5.32. The fourth-order valence-electron chi connectivity index (χ4n) is 1.57. The summed E-state index contributed by atoms with van der Waals surface area (Å²) in [6.07, 6.45) is 1.23. The molecule has 0 aliphatic carbocycles. The number of carbonyl (C=O) groups excluding carboxylic acids is 1. The van der Waals surface area contributed by atoms with Gasteiger partial charge >= 0.3 is 5.97 Å². The second-order valence-electron chi connectivity index (χ2n) is 4.51. The summed E-state index contributed by atoms with van der Waals surface area (Å²) in [5.41, 5.74) is 1.20. The van der Waals surface area contributed by atoms with Crippen LogP contribution in [0.15, 0.2) is 29.2 Å². The molecule has 88 valence electrons. The van der Waals surface area contributed by atoms with Gasteiger partial charge in [0.1, 0.15) is 0 Å². The van der Waals surface area contributed by atoms with Crippen molar-refractivity contribution in [3.05, 3.63) is 29.8 Å². The predicted octanol–water partition coefficient (Wildman–Crippen LogP) is 3.21. The van der Waals surface area contributed by atoms with Crippen LogP contribution >= 0.6 is 12.6 Å². The third-order valence-corrected chi connectivity index (χ3v) is 3.13. The van der Waals surface area contributed by atoms with E-state index in [9.17, 15) is 4.79 Å². The summed E-state index contributed by atoms with van der Waals surface area (Å²) >= 11 is 4.25. The lowest BCUT2D eigenvalue weighted by atomic mass is 9.80. The minimum atomic E-state index is -0.154. The van der Waals surface area contributed by atoms with E-state index in [1.807, 2.05) is 12.1 Å². The van der Waals surface area contributed by atoms with Crippen LogP contribution in [0, 0.1) is 0 Å². The zero-order chi connectivity index (χ0) is 12.2. The quantitative estimate of drug-likeness (QED) is 0.644. The van der Waals surface area contributed by atoms with Crippen LogP contribution in [0.3, 0.4) is 0 Å². The van der Waals surface area contributed by atoms with Crippen LogP contribution < -0.4 is 0 Å². The average molecular weight is 238 g/mol. The first kappa shape index (κ1) is 13.1. The smallest absolute Gasteiger partial charge is 0.305 e. The van der Waals surface area contributed by atoms with Crippen molar-refractivity contribution in [1.29, 1.82) is 0 Å². The Morgan fingerprint density at radius 1 is 1.31 bits per heavy atom. The Bertz CT molecular complexity index is 355. The number of ether oxygens (including phenoxy) is 1. The summed E-state index contributed by atoms with van der Waals surface area (Å²) in [4.78, 5) is 12.1. The molecule has 0 aromatic heterocycles. The molecular formula is C13H18O2S. The normalized spacial score (nSPS) is 11.2. The molecule has 0 fully saturated rings. The standard InChI is InChI=1S/C13H18O2S/c1-13(2,9-8-12(14)15-3)10-4-6-11(16)7-5-10/h4-7,16H,8-9H2,1-3H3. The molecule has 0 unspecified atom stereocenters. The Morgan fingerprint density at radius 2 is 1.88 bits per heavy atom. The summed E-state index contributed by atoms with van der Waals surface area (Å²) in [6.45, 7) is 4.26. The number of rotatable bonds is 4. The summed E-state index contributed by atoms with van der Waals surface area (Å²) in [5.74, 6) is -0.154. The minimum absolute atomic E-state index is 0.0182. The van der Waals surface area contributed by atoms with Gasteiger partial charge in [-0.2, -0.15) is 0 Å². The van der Waals surface area contributed by atoms with Gasteiger partial charge in [0.2, 0.25) is 0 Å². The fraction of sp³-hybridized carbons (Fsp3) is 0.462. The van der Waals surface area contributed by atoms with E-state index in [0.29, 0.717) is 6.42 Å². The van der Waals surface area contributed by atoms with Crippen LogP contribution in [0.25, 0.3) is 0 Å². The van der Waals surface area contributed by atoms with Crippen molar-refractivity contribution in [3.63, 3.8) is 0 Å². The van der Waals surface area contributed by atoms with Crippen molar-refractivity contribution in [2.75, 3.05) is 7.11 Å². The van der Waals surface area contributed by atoms with Gasteiger partial charge in [0.05, 0.1) is 7.11 Å². The highest BCUT2D eigenvalue weighted by Crippen LogP contribution is 2.29. The van der Waals surface area contributed by atoms with Crippen molar-refractivity contribution in [2.24, 2.45) is 0 Å². The second-order valence-corrected chi connectivity index (χ2v) is 5.02. The molecule has 3 heteroatoms. The Labute approximate surface area is 102 Å². The Kier molecular flexibility index (Phi) is 4.42. The Hall–Kier alpha value is -0.960. The largest absolute Gasteiger partial charge is 0.469 e. The molecule has 0 heterocycles. The van der Waals surface area contributed by atoms with Gasteiger partial charge < -0.3 is 4.74 Å². The van der Waals surface area contributed by atoms with E-state index in [4.69, 9.17) is 0 Å². The number of hydrogen-bond acceptors (Lipinski definition) is 3. The SMILES string of the molecule is COC(=O)CCC(C)(C)c1ccc(S)cc1. The van der Waals surface area contributed by atoms with E-state index in [-0.39, 0.29) is 11.4 Å². The molecule has 1 aromatic rings. The molecule has 0 aliphatic rings. The molecule has 1 rings (SSSR count). The molecular weight excluding hydrogens is 220 g/mol. The average Bonchev–Trinajstić information content (AvgIpc) is 2.26. The lowest BCUT2D eigenvalue weighted by Crippen LogP contribution is -2.19. The number of carbonyl (C=O) groups is 1. The highest BCUT2D eigenvalue weighted by molar-refractivity contribution is 7.80. The predicted molar refractivity (Wildman–Crippen MR) is 68.0 cm³/mol. The topological polar surface area (TPSA) is 26.3 Å². The molecule has 0 saturated carbocycles. The van der Waals surface area contributed by atoms with Crippen LogP contribution in [0.4, 0.5) is 0 Å². The zero-order valence-electron chi connectivity index (χ0n) is 9.99. The minimum Gasteiger partial charge on any atom is -0.469 e. The maximum Gasteiger partial charge on any atom is 0.305 e. The summed E-state index contributed by atoms with van der Waals surface area (Å²) in [6, 6.07) is 8.05. The van der Waals surface area contributed by atoms with E-state index in [2.05, 4.69) is 43.3 Å². The fourth-order valence-corrected chi connectivity index (χ4v) is 1.72. The van der Waals surface area contributed by atoms with Crippen LogP contribution in [0.5, 0.6) is 0 Å². The molecule has 0 amide bonds. The molecule has 0 atom stereocenters. The van der Waals surface area contributed by atoms with Gasteiger partial charge in [-0.15, -0.1) is 12.6 Å². The summed E-state index contributed by atoms with van der Waals surface area (Å²) in [5, 5.41) is 0. The van der Waals surface area contributed by atoms with E-state index in [0.717, 1.165) is 11.3 Å². The molecule has 2 nitrogen and oxygen atoms in total. The number of methoxy groups -OCH3 is 1. The van der Waals surface area contributed by atoms with Crippen LogP contribution in [0.1, 0.15) is 32.3 Å². The molecule has 0 radical (unpaired) electrons. The first-order valence-corrected chi connectivity index (χ1v) is 5.77. The van der Waals surface area contributed by atoms with Gasteiger partial charge in [0, 0.05) is 11.3 Å². The number of esters is 1. The molecule has 1 aromatic carbocycles. The summed E-state index contributed by atoms with van der Waals surface area (Å²) in [7, 11) is 1.42. The lowest BCUT2D eigenvalue weighted by Gasteiger charge is -2.24. The van der Waals surface area contributed by atoms with Crippen molar-refractivity contribution in [3.8, 4) is 0 Å². The third kappa shape index (κ3) is 3.56. The maximum atomic E-state index is 11.1. The maximum absolute atomic E-state index is 11.1. The van der Waals surface area contributed by atoms with Crippen molar-refractivity contribution in [1.82, 2.24) is 0 Å². The van der Waals surface area contributed by atoms with Gasteiger partial charge in [-0.3, -0.25) is 4.79 Å². The highest BCUT2D eigenvalue weighted by Gasteiger charge is 2.21. The molecule has 0 N–H and O–H groups in total. The number of hydrogen-bond donors (Lipinski definition) is 1. The van der Waals surface area contributed by atoms with Crippen LogP contribution in [-0.2, 0) is 14.9 Å². The van der Waals surface area contributed by atoms with Crippen molar-refractivity contribution >= 4 is 18.6 Å². The Balaban J connectivity index is 2.69. The van der Waals surface area contributed by atoms with E-state index >= 15 is 0 Å². The third-order valence-electron chi connectivity index (χ3n) is 2.83. The molecule has 16 heavy (non-hydrogen) atoms. The number of benzene rings is 1. The van der Waals surface area contributed by atoms with Gasteiger partial charge in [-0.1, -0.05) is 26.0 Å². The molecule has 0 aliphatic heterocycles. The van der Waals surface area contributed by atoms with Crippen molar-refractivity contribution in [2.45, 2.75) is 37.0 Å². The summed E-state index contributed by atoms with van der Waals surface area (Å²) < 4.78 is 4.65. The van der Waals surface area contributed by atoms with Gasteiger partial charge in [0.15, 0.2) is 0 Å². The van der Waals surface area contributed by atoms with E-state index in [1.54, 1.807) is 0 Å². The molecule has 0 spiro atoms. The lowest BCUT2D eigenvalue weighted by molar-refractivity contribution is -0.141. The Morgan fingerprint density at radius 3 is 2.38 bits per heavy atom. The van der Waals surface area contributed by atoms with E-state index in [1.165, 1.54) is 12.7 Å². The first-order chi connectivity index (χ1) is 7.45. The van der Waals surface area contributed by atoms with Crippen molar-refractivity contribution < 1.29 is 9.53 Å². The van der Waals surface area contributed by atoms with Crippen LogP contribution in [-0.4, -0.2) is 13.1 Å². The van der Waals surface area contributed by atoms with Gasteiger partial charge in [0.25, 0.3) is 0 Å². The molecule has 0 saturated heterocycles. The molecule has 0 bridgehead atoms. The van der Waals surface area contributed by atoms with Gasteiger partial charge in [-0.05, 0) is 29.5 Å². The monoisotopic (exact) mass is 238 g/mol. The van der Waals surface area contributed by atoms with Crippen LogP contribution in [0.2, 0.25) is 0 Å². The highest BCUT2D eigenvalue weighted by atomic mass is 32.1. The second kappa shape index (κ2) is 5.39. The van der Waals surface area contributed by atoms with Gasteiger partial charge in [-0.25, -0.2) is 0 Å².